The first-order valence-corrected chi connectivity index (χ1v) is 21.3. The van der Waals surface area contributed by atoms with Crippen molar-refractivity contribution in [2.24, 2.45) is 0 Å². The van der Waals surface area contributed by atoms with Gasteiger partial charge in [-0.25, -0.2) is 15.0 Å². The molecule has 0 bridgehead atoms. The normalized spacial score (nSPS) is 12.1. The summed E-state index contributed by atoms with van der Waals surface area (Å²) in [5.41, 5.74) is 6.67. The summed E-state index contributed by atoms with van der Waals surface area (Å²) in [5, 5.41) is 11.5. The average molecular weight is 788 g/mol. The summed E-state index contributed by atoms with van der Waals surface area (Å²) in [4.78, 5) is 16.5. The lowest BCUT2D eigenvalue weighted by molar-refractivity contribution is 0.670. The Hall–Kier alpha value is -7.25. The van der Waals surface area contributed by atoms with E-state index in [0.717, 1.165) is 71.3 Å². The van der Waals surface area contributed by atoms with Crippen LogP contribution in [0.5, 0.6) is 0 Å². The standard InChI is InChI=1S/C53H29N3OS2/c1-2-14-30(15-3-1)33-22-12-23-38-45-39(24-13-25-42(45)57-48(33)38)51-54-52(40-28-31-16-4-6-18-34(31)49-46(40)36-20-8-10-26-43(36)58-49)56-53(55-51)41-29-32-17-5-7-19-35(32)50-47(41)37-21-9-11-27-44(37)59-50/h1-29H. The van der Waals surface area contributed by atoms with Crippen molar-refractivity contribution < 1.29 is 4.42 Å². The Morgan fingerprint density at radius 3 is 1.44 bits per heavy atom. The zero-order chi connectivity index (χ0) is 38.6. The topological polar surface area (TPSA) is 51.8 Å². The van der Waals surface area contributed by atoms with Gasteiger partial charge in [-0.2, -0.15) is 0 Å². The van der Waals surface area contributed by atoms with Gasteiger partial charge < -0.3 is 4.42 Å². The molecule has 0 atom stereocenters. The van der Waals surface area contributed by atoms with Crippen LogP contribution in [0.1, 0.15) is 0 Å². The van der Waals surface area contributed by atoms with E-state index in [1.54, 1.807) is 0 Å². The summed E-state index contributed by atoms with van der Waals surface area (Å²) in [6, 6.07) is 62.3. The van der Waals surface area contributed by atoms with E-state index in [-0.39, 0.29) is 0 Å². The van der Waals surface area contributed by atoms with Gasteiger partial charge in [0.1, 0.15) is 11.2 Å². The Kier molecular flexibility index (Phi) is 7.02. The van der Waals surface area contributed by atoms with Gasteiger partial charge >= 0.3 is 0 Å². The fourth-order valence-corrected chi connectivity index (χ4v) is 11.6. The average Bonchev–Trinajstić information content (AvgIpc) is 4.01. The highest BCUT2D eigenvalue weighted by molar-refractivity contribution is 7.27. The van der Waals surface area contributed by atoms with E-state index in [4.69, 9.17) is 19.4 Å². The SMILES string of the molecule is c1ccc(-c2cccc3c2oc2cccc(-c4nc(-c5cc6ccccc6c6sc7ccccc7c56)nc(-c5cc6ccccc6c6sc7ccccc7c56)n4)c23)cc1. The molecule has 59 heavy (non-hydrogen) atoms. The van der Waals surface area contributed by atoms with Crippen LogP contribution < -0.4 is 0 Å². The van der Waals surface area contributed by atoms with Crippen LogP contribution in [0.3, 0.4) is 0 Å². The molecule has 0 unspecified atom stereocenters. The van der Waals surface area contributed by atoms with Crippen molar-refractivity contribution in [3.8, 4) is 45.3 Å². The van der Waals surface area contributed by atoms with Gasteiger partial charge in [0, 0.05) is 73.4 Å². The van der Waals surface area contributed by atoms with Crippen LogP contribution in [0.25, 0.3) is 129 Å². The Labute approximate surface area is 345 Å². The molecule has 0 fully saturated rings. The molecule has 4 nitrogen and oxygen atoms in total. The fraction of sp³-hybridized carbons (Fsp3) is 0. The number of para-hydroxylation sites is 1. The molecule has 0 N–H and O–H groups in total. The van der Waals surface area contributed by atoms with Gasteiger partial charge in [-0.1, -0.05) is 146 Å². The molecule has 0 amide bonds. The summed E-state index contributed by atoms with van der Waals surface area (Å²) in [6.45, 7) is 0. The molecule has 0 saturated carbocycles. The molecule has 0 radical (unpaired) electrons. The monoisotopic (exact) mass is 787 g/mol. The molecule has 0 spiro atoms. The number of thiophene rings is 2. The van der Waals surface area contributed by atoms with E-state index in [1.165, 1.54) is 40.3 Å². The lowest BCUT2D eigenvalue weighted by atomic mass is 9.98. The smallest absolute Gasteiger partial charge is 0.164 e. The highest BCUT2D eigenvalue weighted by Gasteiger charge is 2.24. The van der Waals surface area contributed by atoms with E-state index >= 15 is 0 Å². The minimum Gasteiger partial charge on any atom is -0.455 e. The fourth-order valence-electron chi connectivity index (χ4n) is 9.09. The summed E-state index contributed by atoms with van der Waals surface area (Å²) >= 11 is 3.66. The zero-order valence-corrected chi connectivity index (χ0v) is 32.9. The summed E-state index contributed by atoms with van der Waals surface area (Å²) in [5.74, 6) is 1.88. The molecule has 0 aliphatic carbocycles. The molecule has 274 valence electrons. The van der Waals surface area contributed by atoms with Gasteiger partial charge in [-0.15, -0.1) is 22.7 Å². The number of aromatic nitrogens is 3. The maximum absolute atomic E-state index is 6.75. The van der Waals surface area contributed by atoms with Crippen LogP contribution in [0.4, 0.5) is 0 Å². The largest absolute Gasteiger partial charge is 0.455 e. The predicted molar refractivity (Wildman–Crippen MR) is 250 cm³/mol. The molecule has 13 aromatic rings. The molecular weight excluding hydrogens is 759 g/mol. The molecule has 9 aromatic carbocycles. The highest BCUT2D eigenvalue weighted by atomic mass is 32.1. The number of fused-ring (bicyclic) bond motifs is 13. The quantitative estimate of drug-likeness (QED) is 0.178. The van der Waals surface area contributed by atoms with E-state index in [1.807, 2.05) is 40.9 Å². The van der Waals surface area contributed by atoms with Crippen molar-refractivity contribution in [2.45, 2.75) is 0 Å². The van der Waals surface area contributed by atoms with Crippen LogP contribution >= 0.6 is 22.7 Å². The number of benzene rings is 9. The molecule has 6 heteroatoms. The van der Waals surface area contributed by atoms with Gasteiger partial charge in [0.15, 0.2) is 17.5 Å². The van der Waals surface area contributed by atoms with Crippen molar-refractivity contribution in [1.82, 2.24) is 15.0 Å². The van der Waals surface area contributed by atoms with Crippen LogP contribution in [-0.2, 0) is 0 Å². The molecular formula is C53H29N3OS2. The minimum absolute atomic E-state index is 0.602. The van der Waals surface area contributed by atoms with Crippen molar-refractivity contribution in [2.75, 3.05) is 0 Å². The Morgan fingerprint density at radius 1 is 0.356 bits per heavy atom. The Bertz CT molecular complexity index is 3690. The van der Waals surface area contributed by atoms with E-state index in [2.05, 4.69) is 158 Å². The van der Waals surface area contributed by atoms with Crippen LogP contribution in [0.2, 0.25) is 0 Å². The molecule has 0 aliphatic rings. The van der Waals surface area contributed by atoms with Crippen LogP contribution in [-0.4, -0.2) is 15.0 Å². The van der Waals surface area contributed by atoms with Gasteiger partial charge in [-0.3, -0.25) is 0 Å². The zero-order valence-electron chi connectivity index (χ0n) is 31.3. The minimum atomic E-state index is 0.602. The van der Waals surface area contributed by atoms with Crippen molar-refractivity contribution in [1.29, 1.82) is 0 Å². The lowest BCUT2D eigenvalue weighted by Crippen LogP contribution is -2.01. The summed E-state index contributed by atoms with van der Waals surface area (Å²) < 4.78 is 11.7. The number of hydrogen-bond acceptors (Lipinski definition) is 6. The Morgan fingerprint density at radius 2 is 0.831 bits per heavy atom. The first-order chi connectivity index (χ1) is 29.2. The first kappa shape index (κ1) is 32.8. The van der Waals surface area contributed by atoms with E-state index in [0.29, 0.717) is 17.5 Å². The third-order valence-corrected chi connectivity index (χ3v) is 14.1. The second-order valence-electron chi connectivity index (χ2n) is 15.0. The lowest BCUT2D eigenvalue weighted by Gasteiger charge is -2.13. The van der Waals surface area contributed by atoms with Gasteiger partial charge in [-0.05, 0) is 57.4 Å². The van der Waals surface area contributed by atoms with E-state index in [9.17, 15) is 0 Å². The van der Waals surface area contributed by atoms with Crippen LogP contribution in [0, 0.1) is 0 Å². The predicted octanol–water partition coefficient (Wildman–Crippen LogP) is 15.5. The van der Waals surface area contributed by atoms with Crippen molar-refractivity contribution in [3.63, 3.8) is 0 Å². The summed E-state index contributed by atoms with van der Waals surface area (Å²) in [7, 11) is 0. The highest BCUT2D eigenvalue weighted by Crippen LogP contribution is 2.47. The van der Waals surface area contributed by atoms with Crippen molar-refractivity contribution in [3.05, 3.63) is 176 Å². The second kappa shape index (κ2) is 12.6. The molecule has 4 heterocycles. The third kappa shape index (κ3) is 4.91. The van der Waals surface area contributed by atoms with Gasteiger partial charge in [0.05, 0.1) is 0 Å². The molecule has 4 aromatic heterocycles. The second-order valence-corrected chi connectivity index (χ2v) is 17.1. The molecule has 0 saturated heterocycles. The van der Waals surface area contributed by atoms with Crippen LogP contribution in [0.15, 0.2) is 180 Å². The number of rotatable bonds is 4. The molecule has 0 aliphatic heterocycles. The maximum atomic E-state index is 6.75. The van der Waals surface area contributed by atoms with Crippen molar-refractivity contribution >= 4 is 107 Å². The summed E-state index contributed by atoms with van der Waals surface area (Å²) in [6.07, 6.45) is 0. The van der Waals surface area contributed by atoms with Gasteiger partial charge in [0.25, 0.3) is 0 Å². The molecule has 13 rings (SSSR count). The Balaban J connectivity index is 1.17. The maximum Gasteiger partial charge on any atom is 0.164 e. The number of hydrogen-bond donors (Lipinski definition) is 0. The number of nitrogens with zero attached hydrogens (tertiary/aromatic N) is 3. The number of furan rings is 1. The van der Waals surface area contributed by atoms with E-state index < -0.39 is 0 Å². The van der Waals surface area contributed by atoms with Gasteiger partial charge in [0.2, 0.25) is 0 Å². The third-order valence-electron chi connectivity index (χ3n) is 11.7. The first-order valence-electron chi connectivity index (χ1n) is 19.7.